The molecule has 0 aromatic heterocycles. The van der Waals surface area contributed by atoms with Crippen LogP contribution in [0.2, 0.25) is 0 Å². The number of hydrogen-bond donors (Lipinski definition) is 0. The van der Waals surface area contributed by atoms with Crippen molar-refractivity contribution in [1.82, 2.24) is 0 Å². The summed E-state index contributed by atoms with van der Waals surface area (Å²) in [6, 6.07) is 7.12. The molecule has 2 aliphatic heterocycles. The molecule has 0 saturated carbocycles. The van der Waals surface area contributed by atoms with Gasteiger partial charge in [-0.1, -0.05) is 18.2 Å². The van der Waals surface area contributed by atoms with Crippen LogP contribution < -0.4 is 10.2 Å². The highest BCUT2D eigenvalue weighted by Gasteiger charge is 2.59. The first kappa shape index (κ1) is 23.5. The summed E-state index contributed by atoms with van der Waals surface area (Å²) in [7, 11) is -9.08. The minimum atomic E-state index is -4.21. The van der Waals surface area contributed by atoms with Crippen molar-refractivity contribution in [3.05, 3.63) is 24.3 Å². The zero-order valence-corrected chi connectivity index (χ0v) is 19.5. The Hall–Kier alpha value is -1.18. The SMILES string of the molecule is CC1(C)OB(c2ccccc2OC[C@H]2COC(S(C)(=O)=O)(S(C)(=O)=O)O2)OC1(C)C. The lowest BCUT2D eigenvalue weighted by atomic mass is 9.78. The molecule has 0 unspecified atom stereocenters. The van der Waals surface area contributed by atoms with Crippen LogP contribution in [0.15, 0.2) is 24.3 Å². The monoisotopic (exact) mass is 462 g/mol. The molecule has 2 saturated heterocycles. The lowest BCUT2D eigenvalue weighted by Crippen LogP contribution is -2.47. The van der Waals surface area contributed by atoms with Gasteiger partial charge in [0.1, 0.15) is 18.5 Å². The minimum absolute atomic E-state index is 0.122. The van der Waals surface area contributed by atoms with Crippen LogP contribution >= 0.6 is 0 Å². The molecule has 0 bridgehead atoms. The van der Waals surface area contributed by atoms with Gasteiger partial charge in [0.25, 0.3) is 0 Å². The number of para-hydroxylation sites is 1. The van der Waals surface area contributed by atoms with E-state index in [9.17, 15) is 16.8 Å². The Morgan fingerprint density at radius 1 is 1.00 bits per heavy atom. The first-order valence-corrected chi connectivity index (χ1v) is 13.2. The second-order valence-electron chi connectivity index (χ2n) is 8.53. The number of rotatable bonds is 6. The van der Waals surface area contributed by atoms with E-state index in [4.69, 9.17) is 23.5 Å². The summed E-state index contributed by atoms with van der Waals surface area (Å²) < 4.78 is 74.0. The summed E-state index contributed by atoms with van der Waals surface area (Å²) in [5.74, 6) is 0.454. The Morgan fingerprint density at radius 2 is 1.53 bits per heavy atom. The van der Waals surface area contributed by atoms with Gasteiger partial charge in [0, 0.05) is 18.0 Å². The third-order valence-corrected chi connectivity index (χ3v) is 9.58. The zero-order valence-electron chi connectivity index (χ0n) is 17.9. The van der Waals surface area contributed by atoms with Crippen molar-refractivity contribution in [1.29, 1.82) is 0 Å². The molecule has 2 heterocycles. The van der Waals surface area contributed by atoms with Crippen LogP contribution in [-0.4, -0.2) is 71.4 Å². The van der Waals surface area contributed by atoms with E-state index in [1.165, 1.54) is 0 Å². The summed E-state index contributed by atoms with van der Waals surface area (Å²) in [6.45, 7) is 7.39. The summed E-state index contributed by atoms with van der Waals surface area (Å²) >= 11 is 0. The van der Waals surface area contributed by atoms with Crippen LogP contribution in [0.3, 0.4) is 0 Å². The number of ether oxygens (including phenoxy) is 3. The maximum atomic E-state index is 12.1. The fourth-order valence-corrected chi connectivity index (χ4v) is 6.56. The van der Waals surface area contributed by atoms with E-state index >= 15 is 0 Å². The predicted molar refractivity (Wildman–Crippen MR) is 111 cm³/mol. The fourth-order valence-electron chi connectivity index (χ4n) is 3.17. The van der Waals surface area contributed by atoms with Crippen LogP contribution in [0, 0.1) is 0 Å². The molecule has 2 aliphatic rings. The number of benzene rings is 1. The minimum Gasteiger partial charge on any atom is -0.491 e. The van der Waals surface area contributed by atoms with Gasteiger partial charge in [-0.2, -0.15) is 0 Å². The van der Waals surface area contributed by atoms with E-state index in [-0.39, 0.29) is 13.2 Å². The normalized spacial score (nSPS) is 25.4. The standard InChI is InChI=1S/C18H27BO9S2/c1-16(2)17(3,4)28-19(27-16)14-9-7-8-10-15(14)24-11-13-12-25-18(26-13,29(5,20)21)30(6,22)23/h7-10,13H,11-12H2,1-6H3/t13-/m0/s1. The first-order chi connectivity index (χ1) is 13.6. The van der Waals surface area contributed by atoms with Crippen molar-refractivity contribution >= 4 is 32.3 Å². The maximum absolute atomic E-state index is 12.1. The Morgan fingerprint density at radius 3 is 2.03 bits per heavy atom. The molecule has 9 nitrogen and oxygen atoms in total. The molecule has 0 amide bonds. The number of sulfone groups is 2. The van der Waals surface area contributed by atoms with Gasteiger partial charge in [0.2, 0.25) is 19.7 Å². The molecule has 1 aromatic carbocycles. The fraction of sp³-hybridized carbons (Fsp3) is 0.667. The van der Waals surface area contributed by atoms with Crippen molar-refractivity contribution in [3.63, 3.8) is 0 Å². The first-order valence-electron chi connectivity index (χ1n) is 9.38. The van der Waals surface area contributed by atoms with Crippen molar-refractivity contribution in [2.24, 2.45) is 0 Å². The predicted octanol–water partition coefficient (Wildman–Crippen LogP) is 0.481. The summed E-state index contributed by atoms with van der Waals surface area (Å²) in [5.41, 5.74) is -0.400. The summed E-state index contributed by atoms with van der Waals surface area (Å²) in [4.78, 5) is 0. The highest BCUT2D eigenvalue weighted by Crippen LogP contribution is 2.37. The van der Waals surface area contributed by atoms with E-state index in [0.29, 0.717) is 11.2 Å². The molecule has 1 aromatic rings. The van der Waals surface area contributed by atoms with Gasteiger partial charge in [0.15, 0.2) is 0 Å². The highest BCUT2D eigenvalue weighted by atomic mass is 32.3. The van der Waals surface area contributed by atoms with Crippen molar-refractivity contribution in [3.8, 4) is 5.75 Å². The second kappa shape index (κ2) is 7.45. The van der Waals surface area contributed by atoms with Gasteiger partial charge in [-0.05, 0) is 33.8 Å². The zero-order chi connectivity index (χ0) is 22.6. The molecular weight excluding hydrogens is 435 g/mol. The molecular formula is C18H27BO9S2. The van der Waals surface area contributed by atoms with Gasteiger partial charge in [-0.15, -0.1) is 0 Å². The third-order valence-electron chi connectivity index (χ3n) is 5.52. The second-order valence-corrected chi connectivity index (χ2v) is 13.0. The molecule has 168 valence electrons. The number of hydrogen-bond acceptors (Lipinski definition) is 9. The Labute approximate surface area is 178 Å². The molecule has 0 spiro atoms. The molecule has 30 heavy (non-hydrogen) atoms. The molecule has 0 aliphatic carbocycles. The van der Waals surface area contributed by atoms with E-state index < -0.39 is 48.6 Å². The van der Waals surface area contributed by atoms with Crippen molar-refractivity contribution in [2.45, 2.75) is 49.5 Å². The van der Waals surface area contributed by atoms with Gasteiger partial charge in [0.05, 0.1) is 17.8 Å². The van der Waals surface area contributed by atoms with Gasteiger partial charge >= 0.3 is 11.6 Å². The Balaban J connectivity index is 1.76. The molecule has 3 rings (SSSR count). The lowest BCUT2D eigenvalue weighted by Gasteiger charge is -2.32. The Kier molecular flexibility index (Phi) is 5.84. The molecule has 1 atom stereocenters. The van der Waals surface area contributed by atoms with E-state index in [1.807, 2.05) is 33.8 Å². The average Bonchev–Trinajstić information content (AvgIpc) is 3.12. The quantitative estimate of drug-likeness (QED) is 0.557. The largest absolute Gasteiger partial charge is 0.498 e. The van der Waals surface area contributed by atoms with Crippen molar-refractivity contribution in [2.75, 3.05) is 25.7 Å². The van der Waals surface area contributed by atoms with E-state index in [0.717, 1.165) is 12.5 Å². The molecule has 12 heteroatoms. The molecule has 0 N–H and O–H groups in total. The summed E-state index contributed by atoms with van der Waals surface area (Å²) in [5, 5.41) is 0. The van der Waals surface area contributed by atoms with Crippen molar-refractivity contribution < 1.29 is 40.4 Å². The van der Waals surface area contributed by atoms with Crippen LogP contribution in [0.1, 0.15) is 27.7 Å². The van der Waals surface area contributed by atoms with Crippen LogP contribution in [0.5, 0.6) is 5.75 Å². The lowest BCUT2D eigenvalue weighted by molar-refractivity contribution is -0.0381. The van der Waals surface area contributed by atoms with Gasteiger partial charge in [-0.25, -0.2) is 16.8 Å². The topological polar surface area (TPSA) is 114 Å². The van der Waals surface area contributed by atoms with E-state index in [2.05, 4.69) is 0 Å². The van der Waals surface area contributed by atoms with Gasteiger partial charge < -0.3 is 23.5 Å². The Bertz CT molecular complexity index is 970. The molecule has 2 fully saturated rings. The maximum Gasteiger partial charge on any atom is 0.498 e. The van der Waals surface area contributed by atoms with Crippen LogP contribution in [0.4, 0.5) is 0 Å². The highest BCUT2D eigenvalue weighted by molar-refractivity contribution is 8.09. The van der Waals surface area contributed by atoms with Crippen LogP contribution in [0.25, 0.3) is 0 Å². The van der Waals surface area contributed by atoms with Crippen LogP contribution in [-0.2, 0) is 38.5 Å². The smallest absolute Gasteiger partial charge is 0.491 e. The van der Waals surface area contributed by atoms with E-state index in [1.54, 1.807) is 18.2 Å². The molecule has 0 radical (unpaired) electrons. The third kappa shape index (κ3) is 4.01. The van der Waals surface area contributed by atoms with Gasteiger partial charge in [-0.3, -0.25) is 0 Å². The summed E-state index contributed by atoms with van der Waals surface area (Å²) in [6.07, 6.45) is 0.608. The average molecular weight is 462 g/mol.